The highest BCUT2D eigenvalue weighted by Crippen LogP contribution is 2.19. The van der Waals surface area contributed by atoms with E-state index in [1.165, 1.54) is 18.2 Å². The molecule has 4 N–H and O–H groups in total. The van der Waals surface area contributed by atoms with Gasteiger partial charge in [0.15, 0.2) is 6.20 Å². The maximum atomic E-state index is 12.8. The number of sulfonamides is 1. The van der Waals surface area contributed by atoms with Crippen molar-refractivity contribution in [3.8, 4) is 0 Å². The number of rotatable bonds is 6. The summed E-state index contributed by atoms with van der Waals surface area (Å²) in [6, 6.07) is 2.86. The van der Waals surface area contributed by atoms with Crippen molar-refractivity contribution in [1.82, 2.24) is 9.62 Å². The lowest BCUT2D eigenvalue weighted by atomic mass is 10.0. The number of aliphatic hydroxyl groups is 1. The zero-order valence-corrected chi connectivity index (χ0v) is 16.4. The molecule has 152 valence electrons. The zero-order chi connectivity index (χ0) is 20.2. The van der Waals surface area contributed by atoms with Gasteiger partial charge in [0.1, 0.15) is 0 Å². The molecule has 1 aromatic heterocycles. The Labute approximate surface area is 159 Å². The third-order valence-electron chi connectivity index (χ3n) is 4.56. The standard InChI is InChI=1S/C17H28N4O5S/c1-12(2)10-13(18)17(23)19-14-6-5-8-20(11-15(14)22)27(25,26)16-7-3-4-9-21(16)24/h3-4,7,9,12-15,22H,5-6,8,10-11,18H2,1-2H3,(H,19,23)/t13?,14?,15-/m0/s1. The predicted octanol–water partition coefficient (Wildman–Crippen LogP) is -0.676. The van der Waals surface area contributed by atoms with Crippen molar-refractivity contribution in [3.63, 3.8) is 0 Å². The molecule has 0 radical (unpaired) electrons. The number of nitrogens with one attached hydrogen (secondary N) is 1. The van der Waals surface area contributed by atoms with E-state index in [1.807, 2.05) is 13.8 Å². The van der Waals surface area contributed by atoms with Gasteiger partial charge in [-0.15, -0.1) is 0 Å². The van der Waals surface area contributed by atoms with Gasteiger partial charge < -0.3 is 21.4 Å². The van der Waals surface area contributed by atoms with Crippen molar-refractivity contribution in [2.45, 2.75) is 56.3 Å². The fourth-order valence-corrected chi connectivity index (χ4v) is 4.66. The lowest BCUT2D eigenvalue weighted by molar-refractivity contribution is -0.646. The van der Waals surface area contributed by atoms with Crippen LogP contribution in [0.1, 0.15) is 33.1 Å². The third kappa shape index (κ3) is 5.38. The summed E-state index contributed by atoms with van der Waals surface area (Å²) in [5, 5.41) is 24.6. The molecular formula is C17H28N4O5S. The highest BCUT2D eigenvalue weighted by Gasteiger charge is 2.37. The van der Waals surface area contributed by atoms with Crippen molar-refractivity contribution in [2.24, 2.45) is 11.7 Å². The van der Waals surface area contributed by atoms with Crippen LogP contribution in [0.3, 0.4) is 0 Å². The molecule has 2 heterocycles. The van der Waals surface area contributed by atoms with E-state index in [1.54, 1.807) is 0 Å². The van der Waals surface area contributed by atoms with Gasteiger partial charge in [0, 0.05) is 25.2 Å². The van der Waals surface area contributed by atoms with Crippen molar-refractivity contribution in [1.29, 1.82) is 0 Å². The molecule has 1 aliphatic heterocycles. The van der Waals surface area contributed by atoms with Gasteiger partial charge in [-0.2, -0.15) is 9.04 Å². The molecule has 10 heteroatoms. The predicted molar refractivity (Wildman–Crippen MR) is 98.8 cm³/mol. The second kappa shape index (κ2) is 8.96. The van der Waals surface area contributed by atoms with Crippen LogP contribution in [0.5, 0.6) is 0 Å². The van der Waals surface area contributed by atoms with Gasteiger partial charge in [0.2, 0.25) is 5.91 Å². The zero-order valence-electron chi connectivity index (χ0n) is 15.6. The molecule has 1 aromatic rings. The van der Waals surface area contributed by atoms with E-state index in [4.69, 9.17) is 5.73 Å². The minimum absolute atomic E-state index is 0.151. The molecule has 2 unspecified atom stereocenters. The number of β-amino-alcohol motifs (C(OH)–C–C–N with tert-alkyl or cyclic N) is 1. The molecule has 0 aliphatic carbocycles. The average Bonchev–Trinajstić information content (AvgIpc) is 2.77. The SMILES string of the molecule is CC(C)CC(N)C(=O)NC1CCCN(S(=O)(=O)c2cccc[n+]2[O-])C[C@@H]1O. The Morgan fingerprint density at radius 1 is 1.48 bits per heavy atom. The number of aliphatic hydroxyl groups excluding tert-OH is 1. The van der Waals surface area contributed by atoms with E-state index in [0.717, 1.165) is 10.5 Å². The van der Waals surface area contributed by atoms with E-state index in [-0.39, 0.29) is 29.6 Å². The lowest BCUT2D eigenvalue weighted by Gasteiger charge is -2.25. The molecule has 0 spiro atoms. The van der Waals surface area contributed by atoms with Gasteiger partial charge in [0.25, 0.3) is 0 Å². The average molecular weight is 401 g/mol. The number of carbonyl (C=O) groups excluding carboxylic acids is 1. The number of hydrogen-bond donors (Lipinski definition) is 3. The third-order valence-corrected chi connectivity index (χ3v) is 6.42. The van der Waals surface area contributed by atoms with Crippen LogP contribution >= 0.6 is 0 Å². The monoisotopic (exact) mass is 400 g/mol. The summed E-state index contributed by atoms with van der Waals surface area (Å²) in [5.74, 6) is -0.0976. The van der Waals surface area contributed by atoms with Gasteiger partial charge in [-0.1, -0.05) is 13.8 Å². The highest BCUT2D eigenvalue weighted by molar-refractivity contribution is 7.88. The Bertz CT molecular complexity index is 755. The van der Waals surface area contributed by atoms with Crippen LogP contribution in [0.15, 0.2) is 29.4 Å². The molecule has 1 aliphatic rings. The van der Waals surface area contributed by atoms with Crippen LogP contribution in [-0.4, -0.2) is 55.0 Å². The summed E-state index contributed by atoms with van der Waals surface area (Å²) in [4.78, 5) is 12.2. The highest BCUT2D eigenvalue weighted by atomic mass is 32.2. The first-order valence-electron chi connectivity index (χ1n) is 9.05. The minimum atomic E-state index is -4.05. The molecule has 0 bridgehead atoms. The van der Waals surface area contributed by atoms with E-state index in [0.29, 0.717) is 19.3 Å². The molecule has 9 nitrogen and oxygen atoms in total. The first-order valence-corrected chi connectivity index (χ1v) is 10.5. The van der Waals surface area contributed by atoms with Crippen LogP contribution < -0.4 is 15.8 Å². The number of amides is 1. The summed E-state index contributed by atoms with van der Waals surface area (Å²) >= 11 is 0. The van der Waals surface area contributed by atoms with Gasteiger partial charge in [-0.05, 0) is 31.2 Å². The summed E-state index contributed by atoms with van der Waals surface area (Å²) < 4.78 is 26.9. The Kier molecular flexibility index (Phi) is 7.15. The van der Waals surface area contributed by atoms with Crippen molar-refractivity contribution in [2.75, 3.05) is 13.1 Å². The number of carbonyl (C=O) groups is 1. The molecule has 0 aromatic carbocycles. The Morgan fingerprint density at radius 2 is 2.19 bits per heavy atom. The minimum Gasteiger partial charge on any atom is -0.618 e. The number of nitrogens with two attached hydrogens (primary N) is 1. The van der Waals surface area contributed by atoms with Crippen molar-refractivity contribution < 1.29 is 23.0 Å². The quantitative estimate of drug-likeness (QED) is 0.427. The summed E-state index contributed by atoms with van der Waals surface area (Å²) in [7, 11) is -4.05. The maximum Gasteiger partial charge on any atom is 0.323 e. The molecule has 0 saturated carbocycles. The Balaban J connectivity index is 2.08. The van der Waals surface area contributed by atoms with E-state index >= 15 is 0 Å². The van der Waals surface area contributed by atoms with Crippen molar-refractivity contribution in [3.05, 3.63) is 29.6 Å². The molecular weight excluding hydrogens is 372 g/mol. The van der Waals surface area contributed by atoms with Crippen LogP contribution in [0, 0.1) is 11.1 Å². The summed E-state index contributed by atoms with van der Waals surface area (Å²) in [5.41, 5.74) is 5.87. The Hall–Kier alpha value is -1.75. The number of aromatic nitrogens is 1. The van der Waals surface area contributed by atoms with Crippen LogP contribution in [0.4, 0.5) is 0 Å². The second-order valence-corrected chi connectivity index (χ2v) is 9.17. The topological polar surface area (TPSA) is 140 Å². The van der Waals surface area contributed by atoms with E-state index in [2.05, 4.69) is 5.32 Å². The van der Waals surface area contributed by atoms with Crippen LogP contribution in [-0.2, 0) is 14.8 Å². The molecule has 1 saturated heterocycles. The fourth-order valence-electron chi connectivity index (χ4n) is 3.14. The molecule has 3 atom stereocenters. The fraction of sp³-hybridized carbons (Fsp3) is 0.647. The summed E-state index contributed by atoms with van der Waals surface area (Å²) in [6.07, 6.45) is 1.39. The lowest BCUT2D eigenvalue weighted by Crippen LogP contribution is -2.52. The smallest absolute Gasteiger partial charge is 0.323 e. The molecule has 2 rings (SSSR count). The maximum absolute atomic E-state index is 12.8. The second-order valence-electron chi connectivity index (χ2n) is 7.29. The first kappa shape index (κ1) is 21.5. The van der Waals surface area contributed by atoms with Crippen LogP contribution in [0.2, 0.25) is 0 Å². The first-order chi connectivity index (χ1) is 12.6. The van der Waals surface area contributed by atoms with E-state index < -0.39 is 33.2 Å². The van der Waals surface area contributed by atoms with Gasteiger partial charge in [-0.3, -0.25) is 4.79 Å². The molecule has 1 fully saturated rings. The van der Waals surface area contributed by atoms with Crippen molar-refractivity contribution >= 4 is 15.9 Å². The van der Waals surface area contributed by atoms with Gasteiger partial charge in [-0.25, -0.2) is 8.42 Å². The number of pyridine rings is 1. The van der Waals surface area contributed by atoms with Gasteiger partial charge in [0.05, 0.1) is 18.2 Å². The molecule has 27 heavy (non-hydrogen) atoms. The van der Waals surface area contributed by atoms with Gasteiger partial charge >= 0.3 is 15.0 Å². The normalized spacial score (nSPS) is 23.0. The largest absolute Gasteiger partial charge is 0.618 e. The number of nitrogens with zero attached hydrogens (tertiary/aromatic N) is 2. The number of hydrogen-bond acceptors (Lipinski definition) is 6. The Morgan fingerprint density at radius 3 is 2.81 bits per heavy atom. The van der Waals surface area contributed by atoms with Crippen LogP contribution in [0.25, 0.3) is 0 Å². The molecule has 1 amide bonds. The van der Waals surface area contributed by atoms with E-state index in [9.17, 15) is 23.5 Å². The summed E-state index contributed by atoms with van der Waals surface area (Å²) in [6.45, 7) is 3.87.